The minimum atomic E-state index is -0.832. The lowest BCUT2D eigenvalue weighted by atomic mass is 9.84. The highest BCUT2D eigenvalue weighted by Crippen LogP contribution is 2.22. The second kappa shape index (κ2) is 7.19. The van der Waals surface area contributed by atoms with E-state index in [-0.39, 0.29) is 11.7 Å². The van der Waals surface area contributed by atoms with Gasteiger partial charge in [-0.15, -0.1) is 11.8 Å². The maximum Gasteiger partial charge on any atom is 0.313 e. The molecule has 0 aliphatic rings. The molecule has 1 aromatic rings. The summed E-state index contributed by atoms with van der Waals surface area (Å²) < 4.78 is 0. The van der Waals surface area contributed by atoms with Crippen LogP contribution in [0.25, 0.3) is 0 Å². The molecule has 104 valence electrons. The zero-order valence-electron chi connectivity index (χ0n) is 11.2. The molecule has 1 rings (SSSR count). The average Bonchev–Trinajstić information content (AvgIpc) is 2.38. The quantitative estimate of drug-likeness (QED) is 0.749. The van der Waals surface area contributed by atoms with Crippen molar-refractivity contribution in [2.45, 2.75) is 19.3 Å². The van der Waals surface area contributed by atoms with E-state index in [1.807, 2.05) is 44.2 Å². The van der Waals surface area contributed by atoms with Crippen LogP contribution in [0.2, 0.25) is 0 Å². The smallest absolute Gasteiger partial charge is 0.313 e. The van der Waals surface area contributed by atoms with E-state index in [1.165, 1.54) is 11.8 Å². The number of hydrogen-bond donors (Lipinski definition) is 2. The van der Waals surface area contributed by atoms with Gasteiger partial charge in [0.05, 0.1) is 11.2 Å². The van der Waals surface area contributed by atoms with Crippen molar-refractivity contribution in [3.63, 3.8) is 0 Å². The van der Waals surface area contributed by atoms with Crippen molar-refractivity contribution in [1.82, 2.24) is 5.32 Å². The molecule has 0 aromatic heterocycles. The van der Waals surface area contributed by atoms with Gasteiger partial charge in [0.15, 0.2) is 0 Å². The highest BCUT2D eigenvalue weighted by atomic mass is 32.2. The number of aliphatic carboxylic acids is 1. The summed E-state index contributed by atoms with van der Waals surface area (Å²) in [5.41, 5.74) is 0.379. The Hall–Kier alpha value is -1.49. The third-order valence-electron chi connectivity index (χ3n) is 2.82. The summed E-state index contributed by atoms with van der Waals surface area (Å²) >= 11 is 1.30. The Balaban J connectivity index is 2.42. The van der Waals surface area contributed by atoms with Crippen LogP contribution < -0.4 is 5.32 Å². The maximum absolute atomic E-state index is 12.1. The number of benzene rings is 1. The molecule has 1 amide bonds. The molecule has 1 aromatic carbocycles. The van der Waals surface area contributed by atoms with Gasteiger partial charge in [-0.2, -0.15) is 0 Å². The molecule has 0 aliphatic heterocycles. The lowest BCUT2D eigenvalue weighted by molar-refractivity contribution is -0.134. The monoisotopic (exact) mass is 281 g/mol. The highest BCUT2D eigenvalue weighted by Gasteiger charge is 2.28. The van der Waals surface area contributed by atoms with E-state index in [9.17, 15) is 9.59 Å². The summed E-state index contributed by atoms with van der Waals surface area (Å²) in [4.78, 5) is 22.5. The molecule has 0 unspecified atom stereocenters. The van der Waals surface area contributed by atoms with E-state index >= 15 is 0 Å². The van der Waals surface area contributed by atoms with Gasteiger partial charge in [0, 0.05) is 12.3 Å². The van der Waals surface area contributed by atoms with E-state index in [1.54, 1.807) is 0 Å². The van der Waals surface area contributed by atoms with E-state index in [0.29, 0.717) is 12.3 Å². The third kappa shape index (κ3) is 4.95. The molecule has 5 heteroatoms. The minimum Gasteiger partial charge on any atom is -0.481 e. The molecule has 0 atom stereocenters. The van der Waals surface area contributed by atoms with Crippen LogP contribution in [0.15, 0.2) is 30.3 Å². The van der Waals surface area contributed by atoms with Crippen molar-refractivity contribution >= 4 is 23.6 Å². The Morgan fingerprint density at radius 1 is 1.26 bits per heavy atom. The Kier molecular flexibility index (Phi) is 5.89. The number of hydrogen-bond acceptors (Lipinski definition) is 3. The zero-order valence-corrected chi connectivity index (χ0v) is 12.0. The molecular weight excluding hydrogens is 262 g/mol. The number of carboxylic acid groups (broad SMARTS) is 1. The largest absolute Gasteiger partial charge is 0.481 e. The molecular formula is C14H19NO3S. The summed E-state index contributed by atoms with van der Waals surface area (Å²) in [7, 11) is 0. The highest BCUT2D eigenvalue weighted by molar-refractivity contribution is 7.99. The summed E-state index contributed by atoms with van der Waals surface area (Å²) in [5.74, 6) is -0.212. The molecule has 0 fully saturated rings. The number of amides is 1. The van der Waals surface area contributed by atoms with Crippen molar-refractivity contribution < 1.29 is 14.7 Å². The first-order chi connectivity index (χ1) is 8.94. The molecule has 0 saturated carbocycles. The standard InChI is InChI=1S/C14H19NO3S/c1-14(2,11-6-4-3-5-7-11)13(18)15-8-9-19-10-12(16)17/h3-7H,8-10H2,1-2H3,(H,15,18)(H,16,17). The van der Waals surface area contributed by atoms with Crippen LogP contribution in [0.4, 0.5) is 0 Å². The normalized spacial score (nSPS) is 11.1. The van der Waals surface area contributed by atoms with Crippen LogP contribution in [-0.4, -0.2) is 35.0 Å². The summed E-state index contributed by atoms with van der Waals surface area (Å²) in [5, 5.41) is 11.3. The van der Waals surface area contributed by atoms with Crippen LogP contribution >= 0.6 is 11.8 Å². The number of thioether (sulfide) groups is 1. The lowest BCUT2D eigenvalue weighted by Crippen LogP contribution is -2.41. The molecule has 2 N–H and O–H groups in total. The second-order valence-electron chi connectivity index (χ2n) is 4.69. The van der Waals surface area contributed by atoms with Gasteiger partial charge in [0.2, 0.25) is 5.91 Å². The van der Waals surface area contributed by atoms with Crippen LogP contribution in [0, 0.1) is 0 Å². The van der Waals surface area contributed by atoms with Crippen molar-refractivity contribution in [1.29, 1.82) is 0 Å². The molecule has 0 spiro atoms. The van der Waals surface area contributed by atoms with Crippen molar-refractivity contribution in [3.05, 3.63) is 35.9 Å². The number of nitrogens with one attached hydrogen (secondary N) is 1. The second-order valence-corrected chi connectivity index (χ2v) is 5.80. The first-order valence-corrected chi connectivity index (χ1v) is 7.23. The Labute approximate surface area is 117 Å². The molecule has 19 heavy (non-hydrogen) atoms. The summed E-state index contributed by atoms with van der Waals surface area (Å²) in [6, 6.07) is 9.59. The topological polar surface area (TPSA) is 66.4 Å². The number of carbonyl (C=O) groups excluding carboxylic acids is 1. The van der Waals surface area contributed by atoms with Crippen molar-refractivity contribution in [2.24, 2.45) is 0 Å². The van der Waals surface area contributed by atoms with Gasteiger partial charge in [-0.1, -0.05) is 30.3 Å². The van der Waals surface area contributed by atoms with Gasteiger partial charge >= 0.3 is 5.97 Å². The fourth-order valence-corrected chi connectivity index (χ4v) is 2.17. The van der Waals surface area contributed by atoms with Gasteiger partial charge < -0.3 is 10.4 Å². The molecule has 0 heterocycles. The van der Waals surface area contributed by atoms with Gasteiger partial charge in [-0.3, -0.25) is 9.59 Å². The average molecular weight is 281 g/mol. The van der Waals surface area contributed by atoms with Crippen LogP contribution in [0.3, 0.4) is 0 Å². The van der Waals surface area contributed by atoms with Gasteiger partial charge in [0.1, 0.15) is 0 Å². The molecule has 0 bridgehead atoms. The minimum absolute atomic E-state index is 0.0466. The third-order valence-corrected chi connectivity index (χ3v) is 3.76. The Morgan fingerprint density at radius 3 is 2.47 bits per heavy atom. The lowest BCUT2D eigenvalue weighted by Gasteiger charge is -2.24. The van der Waals surface area contributed by atoms with Gasteiger partial charge in [-0.25, -0.2) is 0 Å². The predicted molar refractivity (Wildman–Crippen MR) is 77.4 cm³/mol. The fourth-order valence-electron chi connectivity index (χ4n) is 1.60. The van der Waals surface area contributed by atoms with E-state index in [4.69, 9.17) is 5.11 Å². The molecule has 0 saturated heterocycles. The molecule has 0 aliphatic carbocycles. The summed E-state index contributed by atoms with van der Waals surface area (Å²) in [6.45, 7) is 4.23. The van der Waals surface area contributed by atoms with Gasteiger partial charge in [0.25, 0.3) is 0 Å². The van der Waals surface area contributed by atoms with Crippen LogP contribution in [-0.2, 0) is 15.0 Å². The fraction of sp³-hybridized carbons (Fsp3) is 0.429. The summed E-state index contributed by atoms with van der Waals surface area (Å²) in [6.07, 6.45) is 0. The Bertz CT molecular complexity index is 432. The van der Waals surface area contributed by atoms with Crippen LogP contribution in [0.1, 0.15) is 19.4 Å². The zero-order chi connectivity index (χ0) is 14.3. The Morgan fingerprint density at radius 2 is 1.89 bits per heavy atom. The van der Waals surface area contributed by atoms with E-state index < -0.39 is 11.4 Å². The predicted octanol–water partition coefficient (Wildman–Crippen LogP) is 1.90. The van der Waals surface area contributed by atoms with Gasteiger partial charge in [-0.05, 0) is 19.4 Å². The first kappa shape index (κ1) is 15.6. The van der Waals surface area contributed by atoms with Crippen molar-refractivity contribution in [3.8, 4) is 0 Å². The number of carboxylic acids is 1. The molecule has 4 nitrogen and oxygen atoms in total. The SMILES string of the molecule is CC(C)(C(=O)NCCSCC(=O)O)c1ccccc1. The van der Waals surface area contributed by atoms with Crippen molar-refractivity contribution in [2.75, 3.05) is 18.1 Å². The molecule has 0 radical (unpaired) electrons. The van der Waals surface area contributed by atoms with E-state index in [2.05, 4.69) is 5.32 Å². The number of rotatable bonds is 7. The first-order valence-electron chi connectivity index (χ1n) is 6.08. The maximum atomic E-state index is 12.1. The number of carbonyl (C=O) groups is 2. The van der Waals surface area contributed by atoms with Crippen LogP contribution in [0.5, 0.6) is 0 Å². The van der Waals surface area contributed by atoms with E-state index in [0.717, 1.165) is 5.56 Å².